The first-order valence-electron chi connectivity index (χ1n) is 8.39. The third kappa shape index (κ3) is 4.76. The summed E-state index contributed by atoms with van der Waals surface area (Å²) in [5.41, 5.74) is 0.247. The van der Waals surface area contributed by atoms with Gasteiger partial charge in [0.25, 0.3) is 7.71 Å². The van der Waals surface area contributed by atoms with Crippen LogP contribution in [0.15, 0.2) is 4.52 Å². The van der Waals surface area contributed by atoms with Gasteiger partial charge in [-0.1, -0.05) is 25.3 Å². The summed E-state index contributed by atoms with van der Waals surface area (Å²) in [6, 6.07) is 0. The SMILES string of the molecule is CN(C)P(=N[P+]1(CC(C)(C)C)NCCCN1C)(N(C)C)N(C)C. The molecule has 8 heteroatoms. The Bertz CT molecular complexity index is 415. The molecule has 0 aliphatic carbocycles. The van der Waals surface area contributed by atoms with Crippen molar-refractivity contribution in [2.24, 2.45) is 9.93 Å². The summed E-state index contributed by atoms with van der Waals surface area (Å²) in [5.74, 6) is 0. The highest BCUT2D eigenvalue weighted by atomic mass is 31.2. The molecule has 1 aliphatic heterocycles. The molecule has 0 aromatic heterocycles. The molecule has 138 valence electrons. The summed E-state index contributed by atoms with van der Waals surface area (Å²) >= 11 is 0. The van der Waals surface area contributed by atoms with Crippen molar-refractivity contribution in [3.63, 3.8) is 0 Å². The van der Waals surface area contributed by atoms with E-state index in [4.69, 9.17) is 4.52 Å². The summed E-state index contributed by atoms with van der Waals surface area (Å²) in [6.07, 6.45) is 2.31. The molecule has 1 atom stereocenters. The summed E-state index contributed by atoms with van der Waals surface area (Å²) in [5, 5.41) is 3.88. The number of rotatable bonds is 5. The lowest BCUT2D eigenvalue weighted by atomic mass is 10.0. The molecule has 1 aliphatic rings. The molecule has 0 aromatic rings. The van der Waals surface area contributed by atoms with Crippen molar-refractivity contribution < 1.29 is 0 Å². The van der Waals surface area contributed by atoms with Crippen molar-refractivity contribution in [1.29, 1.82) is 0 Å². The fraction of sp³-hybridized carbons (Fsp3) is 1.00. The molecule has 0 radical (unpaired) electrons. The quantitative estimate of drug-likeness (QED) is 0.757. The van der Waals surface area contributed by atoms with Crippen LogP contribution in [0, 0.1) is 5.41 Å². The van der Waals surface area contributed by atoms with Crippen molar-refractivity contribution in [3.05, 3.63) is 0 Å². The molecule has 0 saturated carbocycles. The van der Waals surface area contributed by atoms with Crippen molar-refractivity contribution in [2.45, 2.75) is 27.2 Å². The number of nitrogens with zero attached hydrogens (tertiary/aromatic N) is 5. The Balaban J connectivity index is 3.56. The van der Waals surface area contributed by atoms with Gasteiger partial charge in [-0.05, 0) is 48.7 Å². The Morgan fingerprint density at radius 2 is 1.52 bits per heavy atom. The van der Waals surface area contributed by atoms with Gasteiger partial charge in [0.15, 0.2) is 0 Å². The van der Waals surface area contributed by atoms with E-state index in [-0.39, 0.29) is 5.41 Å². The van der Waals surface area contributed by atoms with Gasteiger partial charge in [-0.2, -0.15) is 5.09 Å². The maximum Gasteiger partial charge on any atom is 0.276 e. The molecule has 1 heterocycles. The smallest absolute Gasteiger partial charge is 0.249 e. The molecule has 1 fully saturated rings. The largest absolute Gasteiger partial charge is 0.276 e. The van der Waals surface area contributed by atoms with E-state index in [1.807, 2.05) is 0 Å². The van der Waals surface area contributed by atoms with Crippen LogP contribution in [0.3, 0.4) is 0 Å². The standard InChI is InChI=1S/C15H39N6P2/c1-15(2,3)14-22(16-12-11-13-21(22)10)17-23(18(4)5,19(6)7)20(8)9/h16H,11-14H2,1-10H3/q+1. The average molecular weight is 365 g/mol. The van der Waals surface area contributed by atoms with Crippen LogP contribution < -0.4 is 5.09 Å². The maximum atomic E-state index is 5.68. The molecule has 0 amide bonds. The van der Waals surface area contributed by atoms with Crippen LogP contribution in [0.5, 0.6) is 0 Å². The molecule has 6 nitrogen and oxygen atoms in total. The van der Waals surface area contributed by atoms with Gasteiger partial charge in [-0.25, -0.2) is 14.0 Å². The lowest BCUT2D eigenvalue weighted by molar-refractivity contribution is 0.423. The van der Waals surface area contributed by atoms with Crippen LogP contribution >= 0.6 is 15.2 Å². The van der Waals surface area contributed by atoms with Crippen LogP contribution in [-0.4, -0.2) is 87.3 Å². The maximum absolute atomic E-state index is 5.68. The van der Waals surface area contributed by atoms with Crippen LogP contribution in [0.2, 0.25) is 0 Å². The van der Waals surface area contributed by atoms with E-state index in [0.29, 0.717) is 0 Å². The minimum Gasteiger partial charge on any atom is -0.249 e. The highest BCUT2D eigenvalue weighted by molar-refractivity contribution is 7.77. The van der Waals surface area contributed by atoms with Crippen molar-refractivity contribution in [3.8, 4) is 0 Å². The van der Waals surface area contributed by atoms with E-state index >= 15 is 0 Å². The second kappa shape index (κ2) is 7.78. The molecule has 23 heavy (non-hydrogen) atoms. The first kappa shape index (κ1) is 21.5. The molecule has 1 N–H and O–H groups in total. The fourth-order valence-corrected chi connectivity index (χ4v) is 12.9. The van der Waals surface area contributed by atoms with E-state index < -0.39 is 15.2 Å². The summed E-state index contributed by atoms with van der Waals surface area (Å²) in [6.45, 7) is 9.20. The normalized spacial score (nSPS) is 24.7. The highest BCUT2D eigenvalue weighted by Crippen LogP contribution is 2.72. The van der Waals surface area contributed by atoms with E-state index in [2.05, 4.69) is 93.9 Å². The number of hydrogen-bond acceptors (Lipinski definition) is 3. The molecule has 0 bridgehead atoms. The summed E-state index contributed by atoms with van der Waals surface area (Å²) in [7, 11) is 11.6. The topological polar surface area (TPSA) is 37.4 Å². The molecule has 1 saturated heterocycles. The van der Waals surface area contributed by atoms with Crippen LogP contribution in [0.25, 0.3) is 0 Å². The second-order valence-corrected chi connectivity index (χ2v) is 15.2. The minimum atomic E-state index is -1.90. The second-order valence-electron chi connectivity index (χ2n) is 8.26. The minimum absolute atomic E-state index is 0.247. The third-order valence-electron chi connectivity index (χ3n) is 4.16. The lowest BCUT2D eigenvalue weighted by Gasteiger charge is -2.44. The fourth-order valence-electron chi connectivity index (χ4n) is 3.33. The van der Waals surface area contributed by atoms with Gasteiger partial charge in [-0.3, -0.25) is 0 Å². The Morgan fingerprint density at radius 1 is 1.04 bits per heavy atom. The Labute approximate surface area is 145 Å². The molecular formula is C15H39N6P2+. The predicted molar refractivity (Wildman–Crippen MR) is 107 cm³/mol. The molecular weight excluding hydrogens is 326 g/mol. The Hall–Kier alpha value is 0.460. The first-order valence-corrected chi connectivity index (χ1v) is 11.9. The Kier molecular flexibility index (Phi) is 7.27. The van der Waals surface area contributed by atoms with Gasteiger partial charge in [0.2, 0.25) is 7.51 Å². The lowest BCUT2D eigenvalue weighted by Crippen LogP contribution is -2.41. The number of hydrogen-bond donors (Lipinski definition) is 1. The van der Waals surface area contributed by atoms with Crippen molar-refractivity contribution in [2.75, 3.05) is 68.6 Å². The van der Waals surface area contributed by atoms with Gasteiger partial charge in [0.1, 0.15) is 6.16 Å². The number of nitrogens with one attached hydrogen (secondary N) is 1. The van der Waals surface area contributed by atoms with E-state index in [1.165, 1.54) is 6.42 Å². The molecule has 0 aromatic carbocycles. The van der Waals surface area contributed by atoms with Gasteiger partial charge >= 0.3 is 0 Å². The zero-order chi connectivity index (χ0) is 18.1. The van der Waals surface area contributed by atoms with Gasteiger partial charge in [0, 0.05) is 25.6 Å². The van der Waals surface area contributed by atoms with E-state index in [0.717, 1.165) is 19.3 Å². The monoisotopic (exact) mass is 365 g/mol. The molecule has 0 spiro atoms. The van der Waals surface area contributed by atoms with Gasteiger partial charge < -0.3 is 0 Å². The van der Waals surface area contributed by atoms with Gasteiger partial charge in [-0.15, -0.1) is 4.67 Å². The van der Waals surface area contributed by atoms with Crippen molar-refractivity contribution in [1.82, 2.24) is 23.8 Å². The summed E-state index contributed by atoms with van der Waals surface area (Å²) < 4.78 is 15.2. The predicted octanol–water partition coefficient (Wildman–Crippen LogP) is 3.35. The molecule has 1 unspecified atom stereocenters. The molecule has 1 rings (SSSR count). The van der Waals surface area contributed by atoms with E-state index in [9.17, 15) is 0 Å². The third-order valence-corrected chi connectivity index (χ3v) is 13.0. The first-order chi connectivity index (χ1) is 10.4. The van der Waals surface area contributed by atoms with E-state index in [1.54, 1.807) is 0 Å². The van der Waals surface area contributed by atoms with Crippen LogP contribution in [-0.2, 0) is 0 Å². The van der Waals surface area contributed by atoms with Crippen LogP contribution in [0.4, 0.5) is 0 Å². The van der Waals surface area contributed by atoms with Gasteiger partial charge in [0.05, 0.1) is 0 Å². The zero-order valence-electron chi connectivity index (χ0n) is 17.0. The van der Waals surface area contributed by atoms with Crippen molar-refractivity contribution >= 4 is 15.2 Å². The summed E-state index contributed by atoms with van der Waals surface area (Å²) in [4.78, 5) is 0. The average Bonchev–Trinajstić information content (AvgIpc) is 2.36. The van der Waals surface area contributed by atoms with Crippen LogP contribution in [0.1, 0.15) is 27.2 Å². The highest BCUT2D eigenvalue weighted by Gasteiger charge is 2.52. The zero-order valence-corrected chi connectivity index (χ0v) is 18.7. The Morgan fingerprint density at radius 3 is 1.87 bits per heavy atom.